The van der Waals surface area contributed by atoms with Crippen molar-refractivity contribution in [2.45, 2.75) is 52.5 Å². The molecule has 1 fully saturated rings. The van der Waals surface area contributed by atoms with Gasteiger partial charge in [-0.2, -0.15) is 0 Å². The number of carbonyl (C=O) groups excluding carboxylic acids is 1. The molecule has 1 rings (SSSR count). The second kappa shape index (κ2) is 7.85. The number of likely N-dealkylation sites (N-methyl/N-ethyl adjacent to an activating group) is 1. The van der Waals surface area contributed by atoms with E-state index in [0.29, 0.717) is 6.61 Å². The number of nitrogens with one attached hydrogen (secondary N) is 1. The SMILES string of the molecule is CCNC(C)(CCN1CCC(CC)C1)C(=O)OCC. The molecule has 4 heteroatoms. The minimum absolute atomic E-state index is 0.122. The van der Waals surface area contributed by atoms with Gasteiger partial charge in [0.2, 0.25) is 0 Å². The number of esters is 1. The number of nitrogens with zero attached hydrogens (tertiary/aromatic N) is 1. The maximum Gasteiger partial charge on any atom is 0.326 e. The highest BCUT2D eigenvalue weighted by Gasteiger charge is 2.34. The molecule has 112 valence electrons. The third-order valence-corrected chi connectivity index (χ3v) is 4.17. The van der Waals surface area contributed by atoms with Gasteiger partial charge in [-0.15, -0.1) is 0 Å². The zero-order valence-corrected chi connectivity index (χ0v) is 13.0. The van der Waals surface area contributed by atoms with Crippen molar-refractivity contribution in [2.24, 2.45) is 5.92 Å². The van der Waals surface area contributed by atoms with Crippen LogP contribution >= 0.6 is 0 Å². The lowest BCUT2D eigenvalue weighted by Crippen LogP contribution is -2.52. The van der Waals surface area contributed by atoms with E-state index in [-0.39, 0.29) is 5.97 Å². The zero-order valence-electron chi connectivity index (χ0n) is 13.0. The smallest absolute Gasteiger partial charge is 0.326 e. The normalized spacial score (nSPS) is 23.3. The molecule has 1 heterocycles. The molecule has 1 aliphatic rings. The van der Waals surface area contributed by atoms with Gasteiger partial charge < -0.3 is 15.0 Å². The first kappa shape index (κ1) is 16.4. The molecule has 0 radical (unpaired) electrons. The second-order valence-corrected chi connectivity index (χ2v) is 5.70. The average molecular weight is 270 g/mol. The Hall–Kier alpha value is -0.610. The molecule has 0 bridgehead atoms. The van der Waals surface area contributed by atoms with Crippen molar-refractivity contribution in [1.29, 1.82) is 0 Å². The summed E-state index contributed by atoms with van der Waals surface area (Å²) in [6.45, 7) is 12.7. The van der Waals surface area contributed by atoms with Crippen LogP contribution in [-0.2, 0) is 9.53 Å². The van der Waals surface area contributed by atoms with Crippen LogP contribution in [0.3, 0.4) is 0 Å². The highest BCUT2D eigenvalue weighted by molar-refractivity contribution is 5.80. The Bertz CT molecular complexity index is 283. The highest BCUT2D eigenvalue weighted by Crippen LogP contribution is 2.21. The van der Waals surface area contributed by atoms with Crippen molar-refractivity contribution < 1.29 is 9.53 Å². The van der Waals surface area contributed by atoms with Gasteiger partial charge in [-0.25, -0.2) is 0 Å². The molecule has 2 unspecified atom stereocenters. The van der Waals surface area contributed by atoms with Crippen molar-refractivity contribution in [1.82, 2.24) is 10.2 Å². The fraction of sp³-hybridized carbons (Fsp3) is 0.933. The minimum atomic E-state index is -0.547. The topological polar surface area (TPSA) is 41.6 Å². The molecule has 0 aromatic carbocycles. The quantitative estimate of drug-likeness (QED) is 0.685. The summed E-state index contributed by atoms with van der Waals surface area (Å²) < 4.78 is 5.20. The molecule has 0 aromatic rings. The molecule has 0 aliphatic carbocycles. The summed E-state index contributed by atoms with van der Waals surface area (Å²) in [6.07, 6.45) is 3.38. The summed E-state index contributed by atoms with van der Waals surface area (Å²) in [4.78, 5) is 14.6. The van der Waals surface area contributed by atoms with Gasteiger partial charge in [-0.1, -0.05) is 20.3 Å². The molecule has 1 aliphatic heterocycles. The molecule has 1 N–H and O–H groups in total. The van der Waals surface area contributed by atoms with Crippen LogP contribution in [0.1, 0.15) is 47.0 Å². The van der Waals surface area contributed by atoms with Gasteiger partial charge in [0, 0.05) is 13.1 Å². The predicted molar refractivity (Wildman–Crippen MR) is 78.2 cm³/mol. The molecular weight excluding hydrogens is 240 g/mol. The van der Waals surface area contributed by atoms with E-state index in [2.05, 4.69) is 17.1 Å². The van der Waals surface area contributed by atoms with Crippen LogP contribution in [0.25, 0.3) is 0 Å². The highest BCUT2D eigenvalue weighted by atomic mass is 16.5. The van der Waals surface area contributed by atoms with Crippen LogP contribution in [0.15, 0.2) is 0 Å². The van der Waals surface area contributed by atoms with Crippen molar-refractivity contribution in [3.63, 3.8) is 0 Å². The Labute approximate surface area is 117 Å². The number of likely N-dealkylation sites (tertiary alicyclic amines) is 1. The van der Waals surface area contributed by atoms with Gasteiger partial charge in [0.1, 0.15) is 5.54 Å². The molecular formula is C15H30N2O2. The van der Waals surface area contributed by atoms with Crippen molar-refractivity contribution >= 4 is 5.97 Å². The van der Waals surface area contributed by atoms with Gasteiger partial charge in [0.15, 0.2) is 0 Å². The molecule has 0 saturated carbocycles. The van der Waals surface area contributed by atoms with Gasteiger partial charge >= 0.3 is 5.97 Å². The van der Waals surface area contributed by atoms with E-state index in [4.69, 9.17) is 4.74 Å². The lowest BCUT2D eigenvalue weighted by Gasteiger charge is -2.30. The number of rotatable bonds is 8. The first-order chi connectivity index (χ1) is 9.05. The number of hydrogen-bond acceptors (Lipinski definition) is 4. The third-order valence-electron chi connectivity index (χ3n) is 4.17. The van der Waals surface area contributed by atoms with Crippen LogP contribution in [0, 0.1) is 5.92 Å². The second-order valence-electron chi connectivity index (χ2n) is 5.70. The van der Waals surface area contributed by atoms with E-state index in [1.165, 1.54) is 25.9 Å². The van der Waals surface area contributed by atoms with E-state index in [0.717, 1.165) is 25.4 Å². The molecule has 0 spiro atoms. The third kappa shape index (κ3) is 4.77. The fourth-order valence-electron chi connectivity index (χ4n) is 2.77. The van der Waals surface area contributed by atoms with Gasteiger partial charge in [0.25, 0.3) is 0 Å². The van der Waals surface area contributed by atoms with Crippen LogP contribution in [-0.4, -0.2) is 49.2 Å². The van der Waals surface area contributed by atoms with Gasteiger partial charge in [-0.05, 0) is 45.7 Å². The summed E-state index contributed by atoms with van der Waals surface area (Å²) in [7, 11) is 0. The maximum atomic E-state index is 12.1. The lowest BCUT2D eigenvalue weighted by molar-refractivity contribution is -0.151. The summed E-state index contributed by atoms with van der Waals surface area (Å²) >= 11 is 0. The molecule has 19 heavy (non-hydrogen) atoms. The standard InChI is InChI=1S/C15H30N2O2/c1-5-13-8-10-17(12-13)11-9-15(4,16-6-2)14(18)19-7-3/h13,16H,5-12H2,1-4H3. The summed E-state index contributed by atoms with van der Waals surface area (Å²) in [6, 6.07) is 0. The lowest BCUT2D eigenvalue weighted by atomic mass is 9.97. The van der Waals surface area contributed by atoms with Crippen molar-refractivity contribution in [2.75, 3.05) is 32.8 Å². The Balaban J connectivity index is 2.47. The van der Waals surface area contributed by atoms with Gasteiger partial charge in [-0.3, -0.25) is 4.79 Å². The van der Waals surface area contributed by atoms with E-state index < -0.39 is 5.54 Å². The van der Waals surface area contributed by atoms with Crippen LogP contribution in [0.5, 0.6) is 0 Å². The zero-order chi connectivity index (χ0) is 14.3. The average Bonchev–Trinajstić information content (AvgIpc) is 2.85. The van der Waals surface area contributed by atoms with E-state index in [9.17, 15) is 4.79 Å². The maximum absolute atomic E-state index is 12.1. The number of carbonyl (C=O) groups is 1. The summed E-state index contributed by atoms with van der Waals surface area (Å²) in [5, 5.41) is 3.29. The van der Waals surface area contributed by atoms with Crippen LogP contribution in [0.4, 0.5) is 0 Å². The molecule has 4 nitrogen and oxygen atoms in total. The predicted octanol–water partition coefficient (Wildman–Crippen LogP) is 2.04. The van der Waals surface area contributed by atoms with E-state index in [1.54, 1.807) is 0 Å². The molecule has 0 amide bonds. The number of hydrogen-bond donors (Lipinski definition) is 1. The first-order valence-electron chi connectivity index (χ1n) is 7.70. The Morgan fingerprint density at radius 1 is 1.42 bits per heavy atom. The molecule has 0 aromatic heterocycles. The van der Waals surface area contributed by atoms with Crippen LogP contribution in [0.2, 0.25) is 0 Å². The fourth-order valence-corrected chi connectivity index (χ4v) is 2.77. The van der Waals surface area contributed by atoms with E-state index >= 15 is 0 Å². The minimum Gasteiger partial charge on any atom is -0.465 e. The Morgan fingerprint density at radius 2 is 2.16 bits per heavy atom. The van der Waals surface area contributed by atoms with E-state index in [1.807, 2.05) is 20.8 Å². The summed E-state index contributed by atoms with van der Waals surface area (Å²) in [5.41, 5.74) is -0.547. The first-order valence-corrected chi connectivity index (χ1v) is 7.70. The molecule has 2 atom stereocenters. The summed E-state index contributed by atoms with van der Waals surface area (Å²) in [5.74, 6) is 0.719. The van der Waals surface area contributed by atoms with Gasteiger partial charge in [0.05, 0.1) is 6.61 Å². The largest absolute Gasteiger partial charge is 0.465 e. The Kier molecular flexibility index (Phi) is 6.80. The molecule has 1 saturated heterocycles. The number of ether oxygens (including phenoxy) is 1. The Morgan fingerprint density at radius 3 is 2.68 bits per heavy atom. The van der Waals surface area contributed by atoms with Crippen LogP contribution < -0.4 is 5.32 Å². The van der Waals surface area contributed by atoms with Crippen molar-refractivity contribution in [3.05, 3.63) is 0 Å². The van der Waals surface area contributed by atoms with Crippen molar-refractivity contribution in [3.8, 4) is 0 Å². The monoisotopic (exact) mass is 270 g/mol.